The summed E-state index contributed by atoms with van der Waals surface area (Å²) in [6, 6.07) is 0. The van der Waals surface area contributed by atoms with E-state index < -0.39 is 20.6 Å². The van der Waals surface area contributed by atoms with Crippen molar-refractivity contribution in [1.82, 2.24) is 0 Å². The fourth-order valence-electron chi connectivity index (χ4n) is 0.955. The SMILES string of the molecule is CCC([NH3+])(CC)CC.COP(=O)([O-])OCC(F)(F)F. The molecule has 0 aromatic rings. The van der Waals surface area contributed by atoms with Gasteiger partial charge in [-0.25, -0.2) is 0 Å². The second-order valence-electron chi connectivity index (χ2n) is 4.08. The number of rotatable bonds is 6. The van der Waals surface area contributed by atoms with Crippen LogP contribution >= 0.6 is 7.82 Å². The fraction of sp³-hybridized carbons (Fsp3) is 1.00. The van der Waals surface area contributed by atoms with E-state index in [0.29, 0.717) is 12.6 Å². The smallest absolute Gasteiger partial charge is 0.412 e. The average molecular weight is 309 g/mol. The molecule has 0 fully saturated rings. The van der Waals surface area contributed by atoms with E-state index in [-0.39, 0.29) is 0 Å². The molecule has 0 spiro atoms. The van der Waals surface area contributed by atoms with Gasteiger partial charge in [0.2, 0.25) is 0 Å². The highest BCUT2D eigenvalue weighted by atomic mass is 31.2. The minimum absolute atomic E-state index is 0.375. The molecule has 0 aromatic heterocycles. The van der Waals surface area contributed by atoms with E-state index in [4.69, 9.17) is 0 Å². The molecule has 0 aromatic carbocycles. The van der Waals surface area contributed by atoms with Gasteiger partial charge >= 0.3 is 6.18 Å². The molecule has 3 N–H and O–H groups in total. The molecule has 0 heterocycles. The summed E-state index contributed by atoms with van der Waals surface area (Å²) in [5, 5.41) is 0. The first kappa shape index (κ1) is 21.2. The highest BCUT2D eigenvalue weighted by molar-refractivity contribution is 7.45. The van der Waals surface area contributed by atoms with Crippen LogP contribution in [0.2, 0.25) is 0 Å². The molecular weight excluding hydrogens is 286 g/mol. The van der Waals surface area contributed by atoms with Gasteiger partial charge in [-0.05, 0) is 19.3 Å². The van der Waals surface area contributed by atoms with Gasteiger partial charge in [-0.15, -0.1) is 0 Å². The quantitative estimate of drug-likeness (QED) is 0.759. The molecule has 0 saturated heterocycles. The van der Waals surface area contributed by atoms with E-state index in [1.54, 1.807) is 0 Å². The van der Waals surface area contributed by atoms with Crippen LogP contribution in [-0.2, 0) is 13.6 Å². The lowest BCUT2D eigenvalue weighted by molar-refractivity contribution is -0.480. The third kappa shape index (κ3) is 12.6. The molecule has 0 radical (unpaired) electrons. The molecule has 0 aliphatic heterocycles. The molecule has 5 nitrogen and oxygen atoms in total. The molecule has 0 aliphatic carbocycles. The monoisotopic (exact) mass is 309 g/mol. The number of alkyl halides is 3. The van der Waals surface area contributed by atoms with E-state index >= 15 is 0 Å². The Morgan fingerprint density at radius 1 is 1.16 bits per heavy atom. The van der Waals surface area contributed by atoms with E-state index in [1.807, 2.05) is 0 Å². The number of phosphoric ester groups is 1. The molecule has 0 bridgehead atoms. The van der Waals surface area contributed by atoms with E-state index in [9.17, 15) is 22.6 Å². The zero-order valence-electron chi connectivity index (χ0n) is 11.7. The number of halogens is 3. The summed E-state index contributed by atoms with van der Waals surface area (Å²) in [5.41, 5.74) is 4.50. The van der Waals surface area contributed by atoms with Crippen LogP contribution in [0.1, 0.15) is 40.0 Å². The third-order valence-electron chi connectivity index (χ3n) is 2.86. The topological polar surface area (TPSA) is 86.2 Å². The second-order valence-corrected chi connectivity index (χ2v) is 5.60. The van der Waals surface area contributed by atoms with Crippen molar-refractivity contribution in [3.63, 3.8) is 0 Å². The van der Waals surface area contributed by atoms with Gasteiger partial charge in [0.25, 0.3) is 7.82 Å². The molecule has 1 atom stereocenters. The molecule has 0 aliphatic rings. The van der Waals surface area contributed by atoms with Crippen molar-refractivity contribution in [1.29, 1.82) is 0 Å². The van der Waals surface area contributed by atoms with Gasteiger partial charge in [-0.1, -0.05) is 20.8 Å². The van der Waals surface area contributed by atoms with Crippen molar-refractivity contribution in [2.45, 2.75) is 51.7 Å². The van der Waals surface area contributed by atoms with Crippen LogP contribution < -0.4 is 10.6 Å². The standard InChI is InChI=1S/C7H17N.C3H6F3O4P/c1-4-7(8,5-2)6-3;1-9-11(7,8)10-2-3(4,5)6/h4-6,8H2,1-3H3;2H2,1H3,(H,7,8). The molecule has 19 heavy (non-hydrogen) atoms. The molecule has 0 rings (SSSR count). The van der Waals surface area contributed by atoms with Crippen molar-refractivity contribution in [2.24, 2.45) is 0 Å². The van der Waals surface area contributed by atoms with Crippen molar-refractivity contribution in [3.8, 4) is 0 Å². The largest absolute Gasteiger partial charge is 0.756 e. The van der Waals surface area contributed by atoms with Crippen LogP contribution in [0.25, 0.3) is 0 Å². The predicted octanol–water partition coefficient (Wildman–Crippen LogP) is 1.88. The highest BCUT2D eigenvalue weighted by Crippen LogP contribution is 2.38. The van der Waals surface area contributed by atoms with Crippen LogP contribution in [0.15, 0.2) is 0 Å². The maximum absolute atomic E-state index is 11.3. The Labute approximate surface area is 111 Å². The number of phosphoric acid groups is 1. The lowest BCUT2D eigenvalue weighted by Gasteiger charge is -2.20. The Morgan fingerprint density at radius 2 is 1.53 bits per heavy atom. The maximum atomic E-state index is 11.3. The summed E-state index contributed by atoms with van der Waals surface area (Å²) >= 11 is 0. The van der Waals surface area contributed by atoms with Crippen molar-refractivity contribution in [3.05, 3.63) is 0 Å². The van der Waals surface area contributed by atoms with Gasteiger partial charge in [0.1, 0.15) is 0 Å². The fourth-order valence-corrected chi connectivity index (χ4v) is 1.36. The third-order valence-corrected chi connectivity index (χ3v) is 3.75. The van der Waals surface area contributed by atoms with Gasteiger partial charge < -0.3 is 19.7 Å². The summed E-state index contributed by atoms with van der Waals surface area (Å²) in [6.45, 7) is 4.77. The summed E-state index contributed by atoms with van der Waals surface area (Å²) < 4.78 is 51.0. The average Bonchev–Trinajstić information content (AvgIpc) is 2.36. The summed E-state index contributed by atoms with van der Waals surface area (Å²) in [4.78, 5) is 10.1. The van der Waals surface area contributed by atoms with Crippen LogP contribution in [0.3, 0.4) is 0 Å². The van der Waals surface area contributed by atoms with Gasteiger partial charge in [-0.2, -0.15) is 13.2 Å². The van der Waals surface area contributed by atoms with Crippen LogP contribution in [-0.4, -0.2) is 25.4 Å². The predicted molar refractivity (Wildman–Crippen MR) is 63.1 cm³/mol. The number of hydrogen-bond donors (Lipinski definition) is 1. The number of hydrogen-bond acceptors (Lipinski definition) is 4. The zero-order valence-corrected chi connectivity index (χ0v) is 12.6. The van der Waals surface area contributed by atoms with Crippen LogP contribution in [0.5, 0.6) is 0 Å². The molecular formula is C10H23F3NO4P. The summed E-state index contributed by atoms with van der Waals surface area (Å²) in [7, 11) is -4.03. The van der Waals surface area contributed by atoms with Gasteiger partial charge in [0, 0.05) is 7.11 Å². The normalized spacial score (nSPS) is 15.4. The minimum atomic E-state index is -4.74. The van der Waals surface area contributed by atoms with Gasteiger partial charge in [-0.3, -0.25) is 4.57 Å². The first-order valence-corrected chi connectivity index (χ1v) is 7.34. The molecule has 0 amide bonds. The van der Waals surface area contributed by atoms with Crippen molar-refractivity contribution < 1.29 is 37.4 Å². The summed E-state index contributed by atoms with van der Waals surface area (Å²) in [6.07, 6.45) is -1.04. The first-order valence-electron chi connectivity index (χ1n) is 5.88. The minimum Gasteiger partial charge on any atom is -0.756 e. The Balaban J connectivity index is 0. The Kier molecular flexibility index (Phi) is 9.93. The van der Waals surface area contributed by atoms with Crippen molar-refractivity contribution in [2.75, 3.05) is 13.7 Å². The van der Waals surface area contributed by atoms with Crippen LogP contribution in [0.4, 0.5) is 13.2 Å². The molecule has 9 heteroatoms. The van der Waals surface area contributed by atoms with E-state index in [1.165, 1.54) is 19.3 Å². The maximum Gasteiger partial charge on any atom is 0.412 e. The Bertz CT molecular complexity index is 274. The Morgan fingerprint density at radius 3 is 1.68 bits per heavy atom. The molecule has 0 saturated carbocycles. The summed E-state index contributed by atoms with van der Waals surface area (Å²) in [5.74, 6) is 0. The lowest BCUT2D eigenvalue weighted by Crippen LogP contribution is -2.71. The second kappa shape index (κ2) is 8.92. The lowest BCUT2D eigenvalue weighted by atomic mass is 9.92. The molecule has 118 valence electrons. The van der Waals surface area contributed by atoms with E-state index in [0.717, 1.165) is 0 Å². The van der Waals surface area contributed by atoms with Crippen molar-refractivity contribution >= 4 is 7.82 Å². The molecule has 1 unspecified atom stereocenters. The Hall–Kier alpha value is -0.140. The highest BCUT2D eigenvalue weighted by Gasteiger charge is 2.29. The van der Waals surface area contributed by atoms with Gasteiger partial charge in [0.15, 0.2) is 6.61 Å². The zero-order chi connectivity index (χ0) is 15.7. The van der Waals surface area contributed by atoms with Crippen LogP contribution in [0, 0.1) is 0 Å². The number of quaternary nitrogens is 1. The first-order chi connectivity index (χ1) is 8.45. The van der Waals surface area contributed by atoms with E-state index in [2.05, 4.69) is 35.6 Å². The van der Waals surface area contributed by atoms with Gasteiger partial charge in [0.05, 0.1) is 5.54 Å².